The first-order valence-electron chi connectivity index (χ1n) is 9.57. The molecule has 0 spiro atoms. The minimum Gasteiger partial charge on any atom is -0.488 e. The first-order chi connectivity index (χ1) is 13.4. The number of methoxy groups -OCH3 is 1. The molecule has 0 saturated carbocycles. The molecule has 1 aliphatic heterocycles. The second kappa shape index (κ2) is 8.04. The van der Waals surface area contributed by atoms with Crippen LogP contribution in [0.3, 0.4) is 0 Å². The zero-order chi connectivity index (χ0) is 20.4. The van der Waals surface area contributed by atoms with Crippen LogP contribution in [-0.2, 0) is 6.42 Å². The van der Waals surface area contributed by atoms with Gasteiger partial charge in [0.25, 0.3) is 5.88 Å². The molecule has 28 heavy (non-hydrogen) atoms. The minimum atomic E-state index is -1.22. The third kappa shape index (κ3) is 3.61. The Morgan fingerprint density at radius 3 is 2.75 bits per heavy atom. The summed E-state index contributed by atoms with van der Waals surface area (Å²) in [5, 5.41) is 9.34. The molecule has 0 aliphatic carbocycles. The Kier molecular flexibility index (Phi) is 5.72. The molecule has 0 radical (unpaired) electrons. The fourth-order valence-corrected chi connectivity index (χ4v) is 3.53. The Morgan fingerprint density at radius 1 is 1.39 bits per heavy atom. The van der Waals surface area contributed by atoms with Crippen molar-refractivity contribution in [3.8, 4) is 23.0 Å². The number of carboxylic acids is 1. The smallest absolute Gasteiger partial charge is 0.341 e. The van der Waals surface area contributed by atoms with E-state index in [9.17, 15) is 14.7 Å². The average Bonchev–Trinajstić information content (AvgIpc) is 2.66. The molecule has 0 bridgehead atoms. The van der Waals surface area contributed by atoms with Crippen LogP contribution in [0.15, 0.2) is 23.1 Å². The summed E-state index contributed by atoms with van der Waals surface area (Å²) in [6, 6.07) is 3.31. The van der Waals surface area contributed by atoms with Crippen LogP contribution in [0, 0.1) is 5.92 Å². The van der Waals surface area contributed by atoms with Crippen molar-refractivity contribution in [1.29, 1.82) is 0 Å². The van der Waals surface area contributed by atoms with Crippen molar-refractivity contribution >= 4 is 5.97 Å². The zero-order valence-electron chi connectivity index (χ0n) is 16.7. The van der Waals surface area contributed by atoms with Crippen LogP contribution in [-0.4, -0.2) is 34.3 Å². The fourth-order valence-electron chi connectivity index (χ4n) is 3.53. The van der Waals surface area contributed by atoms with E-state index in [1.54, 1.807) is 0 Å². The number of carbonyl (C=O) groups is 1. The minimum absolute atomic E-state index is 0.0138. The molecule has 2 aromatic rings. The van der Waals surface area contributed by atoms with Gasteiger partial charge in [-0.3, -0.25) is 4.79 Å². The lowest BCUT2D eigenvalue weighted by Gasteiger charge is -2.33. The van der Waals surface area contributed by atoms with Crippen molar-refractivity contribution in [3.63, 3.8) is 0 Å². The molecule has 0 saturated heterocycles. The van der Waals surface area contributed by atoms with E-state index in [4.69, 9.17) is 9.47 Å². The molecular formula is C21H26N2O5. The number of rotatable bonds is 7. The van der Waals surface area contributed by atoms with E-state index >= 15 is 0 Å². The summed E-state index contributed by atoms with van der Waals surface area (Å²) in [4.78, 5) is 28.4. The van der Waals surface area contributed by atoms with Crippen molar-refractivity contribution < 1.29 is 19.4 Å². The number of aromatic nitrogens is 2. The molecule has 150 valence electrons. The molecule has 3 heterocycles. The summed E-state index contributed by atoms with van der Waals surface area (Å²) in [6.07, 6.45) is 4.07. The van der Waals surface area contributed by atoms with Gasteiger partial charge in [-0.1, -0.05) is 27.2 Å². The van der Waals surface area contributed by atoms with Gasteiger partial charge in [-0.05, 0) is 30.4 Å². The van der Waals surface area contributed by atoms with Gasteiger partial charge in [0.2, 0.25) is 0 Å². The highest BCUT2D eigenvalue weighted by Crippen LogP contribution is 2.40. The van der Waals surface area contributed by atoms with E-state index in [0.29, 0.717) is 36.0 Å². The molecule has 1 unspecified atom stereocenters. The van der Waals surface area contributed by atoms with Gasteiger partial charge in [0.05, 0.1) is 25.1 Å². The molecular weight excluding hydrogens is 360 g/mol. The summed E-state index contributed by atoms with van der Waals surface area (Å²) < 4.78 is 13.1. The van der Waals surface area contributed by atoms with Gasteiger partial charge in [0.15, 0.2) is 11.2 Å². The van der Waals surface area contributed by atoms with Crippen molar-refractivity contribution in [2.24, 2.45) is 5.92 Å². The standard InChI is InChI=1S/C21H26N2O5/c1-5-6-7-28-18-9-13-8-15(12(2)3)23-11-14(21(25)26)17(24)10-16(23)19(13)22-20(18)27-4/h9-12,15H,5-8H2,1-4H3,(H,25,26). The van der Waals surface area contributed by atoms with Gasteiger partial charge in [-0.2, -0.15) is 0 Å². The largest absolute Gasteiger partial charge is 0.488 e. The van der Waals surface area contributed by atoms with Crippen LogP contribution in [0.5, 0.6) is 11.6 Å². The van der Waals surface area contributed by atoms with E-state index in [-0.39, 0.29) is 17.5 Å². The molecule has 1 N–H and O–H groups in total. The quantitative estimate of drug-likeness (QED) is 0.732. The Labute approximate surface area is 163 Å². The van der Waals surface area contributed by atoms with Crippen LogP contribution in [0.25, 0.3) is 11.4 Å². The van der Waals surface area contributed by atoms with Crippen molar-refractivity contribution in [1.82, 2.24) is 9.55 Å². The number of fused-ring (bicyclic) bond motifs is 3. The van der Waals surface area contributed by atoms with Crippen molar-refractivity contribution in [2.75, 3.05) is 13.7 Å². The Bertz CT molecular complexity index is 949. The maximum atomic E-state index is 12.3. The fraction of sp³-hybridized carbons (Fsp3) is 0.476. The third-order valence-electron chi connectivity index (χ3n) is 5.09. The van der Waals surface area contributed by atoms with Gasteiger partial charge < -0.3 is 19.1 Å². The van der Waals surface area contributed by atoms with E-state index < -0.39 is 11.4 Å². The molecule has 7 heteroatoms. The summed E-state index contributed by atoms with van der Waals surface area (Å²) in [7, 11) is 1.53. The van der Waals surface area contributed by atoms with Crippen LogP contribution in [0.1, 0.15) is 55.6 Å². The van der Waals surface area contributed by atoms with Gasteiger partial charge >= 0.3 is 5.97 Å². The van der Waals surface area contributed by atoms with Crippen LogP contribution in [0.4, 0.5) is 0 Å². The number of hydrogen-bond acceptors (Lipinski definition) is 5. The Hall–Kier alpha value is -2.83. The van der Waals surface area contributed by atoms with E-state index in [0.717, 1.165) is 18.4 Å². The number of pyridine rings is 2. The van der Waals surface area contributed by atoms with Gasteiger partial charge in [-0.25, -0.2) is 9.78 Å². The number of hydrogen-bond donors (Lipinski definition) is 1. The maximum Gasteiger partial charge on any atom is 0.341 e. The van der Waals surface area contributed by atoms with E-state index in [2.05, 4.69) is 25.8 Å². The third-order valence-corrected chi connectivity index (χ3v) is 5.09. The lowest BCUT2D eigenvalue weighted by atomic mass is 9.89. The molecule has 0 fully saturated rings. The molecule has 1 atom stereocenters. The molecule has 0 amide bonds. The van der Waals surface area contributed by atoms with Crippen LogP contribution < -0.4 is 14.9 Å². The molecule has 7 nitrogen and oxygen atoms in total. The maximum absolute atomic E-state index is 12.3. The first kappa shape index (κ1) is 19.9. The normalized spacial score (nSPS) is 15.1. The van der Waals surface area contributed by atoms with Crippen LogP contribution in [0.2, 0.25) is 0 Å². The zero-order valence-corrected chi connectivity index (χ0v) is 16.7. The summed E-state index contributed by atoms with van der Waals surface area (Å²) >= 11 is 0. The lowest BCUT2D eigenvalue weighted by Crippen LogP contribution is -2.28. The second-order valence-corrected chi connectivity index (χ2v) is 7.37. The Morgan fingerprint density at radius 2 is 2.14 bits per heavy atom. The highest BCUT2D eigenvalue weighted by atomic mass is 16.5. The van der Waals surface area contributed by atoms with Crippen LogP contribution >= 0.6 is 0 Å². The predicted molar refractivity (Wildman–Crippen MR) is 105 cm³/mol. The van der Waals surface area contributed by atoms with Crippen molar-refractivity contribution in [2.45, 2.75) is 46.1 Å². The van der Waals surface area contributed by atoms with Gasteiger partial charge in [-0.15, -0.1) is 0 Å². The average molecular weight is 386 g/mol. The molecule has 0 aromatic carbocycles. The van der Waals surface area contributed by atoms with Gasteiger partial charge in [0.1, 0.15) is 5.56 Å². The van der Waals surface area contributed by atoms with Gasteiger partial charge in [0, 0.05) is 18.3 Å². The number of aromatic carboxylic acids is 1. The molecule has 3 rings (SSSR count). The number of unbranched alkanes of at least 4 members (excludes halogenated alkanes) is 1. The predicted octanol–water partition coefficient (Wildman–Crippen LogP) is 3.55. The topological polar surface area (TPSA) is 90.7 Å². The highest BCUT2D eigenvalue weighted by Gasteiger charge is 2.30. The SMILES string of the molecule is CCCCOc1cc2c(nc1OC)-c1cc(=O)c(C(=O)O)cn1C(C(C)C)C2. The number of nitrogens with zero attached hydrogens (tertiary/aromatic N) is 2. The van der Waals surface area contributed by atoms with Crippen molar-refractivity contribution in [3.05, 3.63) is 39.7 Å². The van der Waals surface area contributed by atoms with E-state index in [1.165, 1.54) is 19.4 Å². The molecule has 2 aromatic heterocycles. The monoisotopic (exact) mass is 386 g/mol. The summed E-state index contributed by atoms with van der Waals surface area (Å²) in [6.45, 7) is 6.83. The Balaban J connectivity index is 2.17. The number of ether oxygens (including phenoxy) is 2. The summed E-state index contributed by atoms with van der Waals surface area (Å²) in [5.41, 5.74) is 1.44. The number of carboxylic acid groups (broad SMARTS) is 1. The lowest BCUT2D eigenvalue weighted by molar-refractivity contribution is 0.0694. The molecule has 1 aliphatic rings. The second-order valence-electron chi connectivity index (χ2n) is 7.37. The highest BCUT2D eigenvalue weighted by molar-refractivity contribution is 5.87. The summed E-state index contributed by atoms with van der Waals surface area (Å²) in [5.74, 6) is -0.0317. The first-order valence-corrected chi connectivity index (χ1v) is 9.57. The van der Waals surface area contributed by atoms with E-state index in [1.807, 2.05) is 10.6 Å².